The highest BCUT2D eigenvalue weighted by Crippen LogP contribution is 2.23. The Morgan fingerprint density at radius 1 is 1.43 bits per heavy atom. The molecule has 1 aromatic heterocycles. The summed E-state index contributed by atoms with van der Waals surface area (Å²) in [6, 6.07) is 0. The number of rotatable bonds is 6. The number of nitrogens with zero attached hydrogens (tertiary/aromatic N) is 2. The summed E-state index contributed by atoms with van der Waals surface area (Å²) < 4.78 is 9.98. The minimum Gasteiger partial charge on any atom is -0.450 e. The summed E-state index contributed by atoms with van der Waals surface area (Å²) in [6.07, 6.45) is 6.96. The number of ether oxygens (including phenoxy) is 1. The summed E-state index contributed by atoms with van der Waals surface area (Å²) in [5.74, 6) is 0.740. The first-order chi connectivity index (χ1) is 10.2. The Morgan fingerprint density at radius 2 is 2.19 bits per heavy atom. The van der Waals surface area contributed by atoms with Crippen LogP contribution in [0.15, 0.2) is 16.9 Å². The Balaban J connectivity index is 1.63. The van der Waals surface area contributed by atoms with Crippen LogP contribution in [-0.4, -0.2) is 41.5 Å². The molecule has 1 aliphatic heterocycles. The average molecular weight is 294 g/mol. The van der Waals surface area contributed by atoms with Gasteiger partial charge in [-0.2, -0.15) is 0 Å². The number of aromatic nitrogens is 1. The molecule has 0 aromatic carbocycles. The molecule has 21 heavy (non-hydrogen) atoms. The number of amides is 1. The van der Waals surface area contributed by atoms with Gasteiger partial charge in [-0.25, -0.2) is 9.78 Å². The van der Waals surface area contributed by atoms with Crippen molar-refractivity contribution in [3.05, 3.63) is 18.4 Å². The zero-order valence-corrected chi connectivity index (χ0v) is 12.4. The molecule has 1 aliphatic rings. The van der Waals surface area contributed by atoms with Crippen LogP contribution in [0, 0.1) is 5.92 Å². The molecule has 116 valence electrons. The van der Waals surface area contributed by atoms with Gasteiger partial charge in [-0.3, -0.25) is 4.79 Å². The summed E-state index contributed by atoms with van der Waals surface area (Å²) >= 11 is 0. The fraction of sp³-hybridized carbons (Fsp3) is 0.667. The lowest BCUT2D eigenvalue weighted by Gasteiger charge is -2.31. The number of ketones is 1. The molecule has 0 N–H and O–H groups in total. The van der Waals surface area contributed by atoms with Gasteiger partial charge >= 0.3 is 6.09 Å². The molecule has 1 aromatic rings. The second-order valence-corrected chi connectivity index (χ2v) is 5.28. The Labute approximate surface area is 124 Å². The first kappa shape index (κ1) is 15.5. The highest BCUT2D eigenvalue weighted by atomic mass is 16.6. The maximum atomic E-state index is 11.7. The van der Waals surface area contributed by atoms with E-state index in [0.717, 1.165) is 38.8 Å². The summed E-state index contributed by atoms with van der Waals surface area (Å²) in [5, 5.41) is 0. The van der Waals surface area contributed by atoms with Crippen molar-refractivity contribution < 1.29 is 18.7 Å². The standard InChI is InChI=1S/C15H22N2O4/c1-2-20-15(19)17-9-6-12(7-10-17)4-3-5-13(18)14-16-8-11-21-14/h8,11-12H,2-7,9-10H2,1H3. The van der Waals surface area contributed by atoms with Crippen molar-refractivity contribution >= 4 is 11.9 Å². The van der Waals surface area contributed by atoms with Crippen LogP contribution in [0.4, 0.5) is 4.79 Å². The van der Waals surface area contributed by atoms with E-state index in [4.69, 9.17) is 9.15 Å². The van der Waals surface area contributed by atoms with Gasteiger partial charge in [0.1, 0.15) is 6.26 Å². The highest BCUT2D eigenvalue weighted by molar-refractivity contribution is 5.91. The van der Waals surface area contributed by atoms with Crippen LogP contribution in [0.5, 0.6) is 0 Å². The zero-order valence-electron chi connectivity index (χ0n) is 12.4. The molecule has 0 radical (unpaired) electrons. The molecule has 0 unspecified atom stereocenters. The maximum absolute atomic E-state index is 11.7. The fourth-order valence-corrected chi connectivity index (χ4v) is 2.64. The molecular weight excluding hydrogens is 272 g/mol. The lowest BCUT2D eigenvalue weighted by Crippen LogP contribution is -2.38. The summed E-state index contributed by atoms with van der Waals surface area (Å²) in [6.45, 7) is 3.73. The Bertz CT molecular complexity index is 450. The van der Waals surface area contributed by atoms with Crippen molar-refractivity contribution in [1.29, 1.82) is 0 Å². The number of piperidine rings is 1. The monoisotopic (exact) mass is 294 g/mol. The molecule has 0 spiro atoms. The second-order valence-electron chi connectivity index (χ2n) is 5.28. The van der Waals surface area contributed by atoms with Crippen LogP contribution in [0.1, 0.15) is 49.7 Å². The van der Waals surface area contributed by atoms with E-state index in [1.165, 1.54) is 12.5 Å². The van der Waals surface area contributed by atoms with Crippen LogP contribution in [-0.2, 0) is 4.74 Å². The van der Waals surface area contributed by atoms with E-state index in [1.807, 2.05) is 6.92 Å². The Morgan fingerprint density at radius 3 is 2.81 bits per heavy atom. The number of likely N-dealkylation sites (tertiary alicyclic amines) is 1. The predicted molar refractivity (Wildman–Crippen MR) is 76.0 cm³/mol. The fourth-order valence-electron chi connectivity index (χ4n) is 2.64. The molecule has 2 heterocycles. The SMILES string of the molecule is CCOC(=O)N1CCC(CCCC(=O)c2ncco2)CC1. The molecule has 1 fully saturated rings. The van der Waals surface area contributed by atoms with E-state index in [9.17, 15) is 9.59 Å². The first-order valence-electron chi connectivity index (χ1n) is 7.55. The van der Waals surface area contributed by atoms with Crippen LogP contribution >= 0.6 is 0 Å². The van der Waals surface area contributed by atoms with Gasteiger partial charge in [0.05, 0.1) is 12.8 Å². The van der Waals surface area contributed by atoms with Crippen molar-refractivity contribution in [2.24, 2.45) is 5.92 Å². The van der Waals surface area contributed by atoms with Gasteiger partial charge in [-0.1, -0.05) is 0 Å². The van der Waals surface area contributed by atoms with E-state index in [2.05, 4.69) is 4.98 Å². The van der Waals surface area contributed by atoms with Gasteiger partial charge in [-0.05, 0) is 38.5 Å². The molecule has 1 saturated heterocycles. The van der Waals surface area contributed by atoms with Gasteiger partial charge in [0.15, 0.2) is 0 Å². The molecule has 0 aliphatic carbocycles. The number of carbonyl (C=O) groups is 2. The van der Waals surface area contributed by atoms with Gasteiger partial charge < -0.3 is 14.1 Å². The molecule has 6 nitrogen and oxygen atoms in total. The molecule has 0 atom stereocenters. The van der Waals surface area contributed by atoms with Gasteiger partial charge in [-0.15, -0.1) is 0 Å². The van der Waals surface area contributed by atoms with Crippen molar-refractivity contribution in [2.75, 3.05) is 19.7 Å². The van der Waals surface area contributed by atoms with E-state index < -0.39 is 0 Å². The van der Waals surface area contributed by atoms with E-state index >= 15 is 0 Å². The third kappa shape index (κ3) is 4.58. The van der Waals surface area contributed by atoms with E-state index in [-0.39, 0.29) is 17.8 Å². The average Bonchev–Trinajstić information content (AvgIpc) is 3.02. The Hall–Kier alpha value is -1.85. The Kier molecular flexibility index (Phi) is 5.78. The zero-order chi connectivity index (χ0) is 15.1. The van der Waals surface area contributed by atoms with Gasteiger partial charge in [0.2, 0.25) is 5.78 Å². The molecule has 1 amide bonds. The van der Waals surface area contributed by atoms with Crippen molar-refractivity contribution in [3.8, 4) is 0 Å². The smallest absolute Gasteiger partial charge is 0.409 e. The number of carbonyl (C=O) groups excluding carboxylic acids is 2. The van der Waals surface area contributed by atoms with E-state index in [0.29, 0.717) is 18.9 Å². The minimum atomic E-state index is -0.213. The van der Waals surface area contributed by atoms with Crippen LogP contribution in [0.3, 0.4) is 0 Å². The number of hydrogen-bond acceptors (Lipinski definition) is 5. The largest absolute Gasteiger partial charge is 0.450 e. The number of hydrogen-bond donors (Lipinski definition) is 0. The molecule has 2 rings (SSSR count). The lowest BCUT2D eigenvalue weighted by molar-refractivity contribution is 0.0896. The van der Waals surface area contributed by atoms with Crippen molar-refractivity contribution in [1.82, 2.24) is 9.88 Å². The van der Waals surface area contributed by atoms with Crippen molar-refractivity contribution in [2.45, 2.75) is 39.0 Å². The molecule has 0 bridgehead atoms. The normalized spacial score (nSPS) is 16.0. The van der Waals surface area contributed by atoms with Crippen LogP contribution in [0.2, 0.25) is 0 Å². The van der Waals surface area contributed by atoms with Gasteiger partial charge in [0, 0.05) is 19.5 Å². The minimum absolute atomic E-state index is 0.0380. The summed E-state index contributed by atoms with van der Waals surface area (Å²) in [7, 11) is 0. The second kappa shape index (κ2) is 7.81. The third-order valence-corrected chi connectivity index (χ3v) is 3.83. The predicted octanol–water partition coefficient (Wildman–Crippen LogP) is 2.90. The van der Waals surface area contributed by atoms with Crippen LogP contribution < -0.4 is 0 Å². The van der Waals surface area contributed by atoms with E-state index in [1.54, 1.807) is 4.90 Å². The molecule has 0 saturated carbocycles. The van der Waals surface area contributed by atoms with Crippen LogP contribution in [0.25, 0.3) is 0 Å². The quantitative estimate of drug-likeness (QED) is 0.754. The molecule has 6 heteroatoms. The third-order valence-electron chi connectivity index (χ3n) is 3.83. The highest BCUT2D eigenvalue weighted by Gasteiger charge is 2.23. The first-order valence-corrected chi connectivity index (χ1v) is 7.55. The van der Waals surface area contributed by atoms with Gasteiger partial charge in [0.25, 0.3) is 5.89 Å². The lowest BCUT2D eigenvalue weighted by atomic mass is 9.91. The topological polar surface area (TPSA) is 72.6 Å². The number of oxazole rings is 1. The number of Topliss-reactive ketones (excluding diaryl/α,β-unsaturated/α-hetero) is 1. The maximum Gasteiger partial charge on any atom is 0.409 e. The van der Waals surface area contributed by atoms with Crippen molar-refractivity contribution in [3.63, 3.8) is 0 Å². The molecular formula is C15H22N2O4. The summed E-state index contributed by atoms with van der Waals surface area (Å²) in [4.78, 5) is 28.9. The summed E-state index contributed by atoms with van der Waals surface area (Å²) in [5.41, 5.74) is 0.